The maximum Gasteiger partial charge on any atom is 0.126 e. The maximum absolute atomic E-state index is 5.97. The van der Waals surface area contributed by atoms with E-state index in [-0.39, 0.29) is 0 Å². The molecule has 0 spiro atoms. The third kappa shape index (κ3) is 2.69. The summed E-state index contributed by atoms with van der Waals surface area (Å²) in [5.41, 5.74) is 11.0. The zero-order valence-corrected chi connectivity index (χ0v) is 13.9. The fourth-order valence-electron chi connectivity index (χ4n) is 2.58. The van der Waals surface area contributed by atoms with Crippen LogP contribution in [0.5, 0.6) is 0 Å². The second-order valence-electron chi connectivity index (χ2n) is 5.51. The first kappa shape index (κ1) is 14.6. The highest BCUT2D eigenvalue weighted by molar-refractivity contribution is 7.22. The molecule has 0 saturated heterocycles. The second-order valence-corrected chi connectivity index (χ2v) is 6.56. The van der Waals surface area contributed by atoms with E-state index in [0.29, 0.717) is 12.4 Å². The normalized spacial score (nSPS) is 11.0. The molecule has 0 bridgehead atoms. The lowest BCUT2D eigenvalue weighted by Crippen LogP contribution is -2.04. The highest BCUT2D eigenvalue weighted by Gasteiger charge is 2.12. The summed E-state index contributed by atoms with van der Waals surface area (Å²) in [6.07, 6.45) is 3.55. The fourth-order valence-corrected chi connectivity index (χ4v) is 3.65. The number of fused-ring (bicyclic) bond motifs is 1. The molecule has 4 heterocycles. The summed E-state index contributed by atoms with van der Waals surface area (Å²) in [6.45, 7) is 2.70. The van der Waals surface area contributed by atoms with Crippen molar-refractivity contribution >= 4 is 33.1 Å². The van der Waals surface area contributed by atoms with Gasteiger partial charge in [-0.1, -0.05) is 6.07 Å². The van der Waals surface area contributed by atoms with Crippen molar-refractivity contribution in [3.63, 3.8) is 0 Å². The Balaban J connectivity index is 1.70. The molecule has 0 aliphatic carbocycles. The van der Waals surface area contributed by atoms with Crippen molar-refractivity contribution in [2.75, 3.05) is 11.1 Å². The van der Waals surface area contributed by atoms with Gasteiger partial charge in [-0.15, -0.1) is 11.3 Å². The van der Waals surface area contributed by atoms with Gasteiger partial charge in [0.2, 0.25) is 0 Å². The van der Waals surface area contributed by atoms with Crippen LogP contribution in [0.3, 0.4) is 0 Å². The number of nitrogen functional groups attached to an aromatic ring is 1. The molecular formula is C17H16N6S. The molecule has 7 heteroatoms. The van der Waals surface area contributed by atoms with Gasteiger partial charge in [-0.05, 0) is 30.7 Å². The summed E-state index contributed by atoms with van der Waals surface area (Å²) in [4.78, 5) is 9.94. The lowest BCUT2D eigenvalue weighted by molar-refractivity contribution is 1.02. The Kier molecular flexibility index (Phi) is 3.62. The van der Waals surface area contributed by atoms with Crippen molar-refractivity contribution in [3.8, 4) is 10.6 Å². The second kappa shape index (κ2) is 5.93. The Labute approximate surface area is 142 Å². The molecular weight excluding hydrogens is 320 g/mol. The molecule has 0 atom stereocenters. The average Bonchev–Trinajstić information content (AvgIpc) is 3.22. The number of pyridine rings is 2. The van der Waals surface area contributed by atoms with Crippen LogP contribution in [-0.2, 0) is 6.54 Å². The van der Waals surface area contributed by atoms with Crippen molar-refractivity contribution in [1.82, 2.24) is 20.2 Å². The van der Waals surface area contributed by atoms with Crippen LogP contribution in [0.4, 0.5) is 11.5 Å². The van der Waals surface area contributed by atoms with E-state index < -0.39 is 0 Å². The number of nitrogens with two attached hydrogens (primary N) is 1. The summed E-state index contributed by atoms with van der Waals surface area (Å²) in [7, 11) is 0. The SMILES string of the molecule is Cc1cccnc1CNc1cc(N)nc2cc(-c3ccn[nH]3)sc12. The van der Waals surface area contributed by atoms with Crippen molar-refractivity contribution in [2.45, 2.75) is 13.5 Å². The molecule has 4 aromatic rings. The van der Waals surface area contributed by atoms with Crippen LogP contribution in [0.2, 0.25) is 0 Å². The molecule has 120 valence electrons. The van der Waals surface area contributed by atoms with Gasteiger partial charge in [0, 0.05) is 18.5 Å². The minimum atomic E-state index is 0.497. The van der Waals surface area contributed by atoms with Gasteiger partial charge in [0.15, 0.2) is 0 Å². The predicted octanol–water partition coefficient (Wildman–Crippen LogP) is 3.58. The number of hydrogen-bond donors (Lipinski definition) is 3. The van der Waals surface area contributed by atoms with Crippen LogP contribution in [0, 0.1) is 6.92 Å². The maximum atomic E-state index is 5.97. The van der Waals surface area contributed by atoms with E-state index in [4.69, 9.17) is 5.73 Å². The van der Waals surface area contributed by atoms with Gasteiger partial charge in [-0.2, -0.15) is 5.10 Å². The van der Waals surface area contributed by atoms with Crippen molar-refractivity contribution in [3.05, 3.63) is 54.0 Å². The standard InChI is InChI=1S/C17H16N6S/c1-10-3-2-5-19-14(10)9-20-12-8-16(18)22-13-7-15(24-17(12)13)11-4-6-21-23-11/h2-8H,9H2,1H3,(H,21,23)(H3,18,20,22). The summed E-state index contributed by atoms with van der Waals surface area (Å²) in [5, 5.41) is 10.4. The van der Waals surface area contributed by atoms with E-state index in [1.165, 1.54) is 0 Å². The number of thiophene rings is 1. The van der Waals surface area contributed by atoms with E-state index >= 15 is 0 Å². The zero-order valence-electron chi connectivity index (χ0n) is 13.1. The van der Waals surface area contributed by atoms with E-state index in [1.807, 2.05) is 30.5 Å². The molecule has 0 aromatic carbocycles. The van der Waals surface area contributed by atoms with Gasteiger partial charge in [-0.25, -0.2) is 4.98 Å². The molecule has 0 amide bonds. The first-order chi connectivity index (χ1) is 11.7. The van der Waals surface area contributed by atoms with Gasteiger partial charge in [0.25, 0.3) is 0 Å². The van der Waals surface area contributed by atoms with E-state index in [1.54, 1.807) is 17.5 Å². The van der Waals surface area contributed by atoms with Gasteiger partial charge in [-0.3, -0.25) is 10.1 Å². The summed E-state index contributed by atoms with van der Waals surface area (Å²) in [5.74, 6) is 0.497. The Bertz CT molecular complexity index is 990. The molecule has 4 rings (SSSR count). The lowest BCUT2D eigenvalue weighted by Gasteiger charge is -2.09. The lowest BCUT2D eigenvalue weighted by atomic mass is 10.2. The highest BCUT2D eigenvalue weighted by atomic mass is 32.1. The summed E-state index contributed by atoms with van der Waals surface area (Å²) >= 11 is 1.66. The average molecular weight is 336 g/mol. The molecule has 0 aliphatic heterocycles. The van der Waals surface area contributed by atoms with E-state index in [9.17, 15) is 0 Å². The molecule has 24 heavy (non-hydrogen) atoms. The number of nitrogens with zero attached hydrogens (tertiary/aromatic N) is 3. The Morgan fingerprint density at radius 2 is 2.17 bits per heavy atom. The molecule has 6 nitrogen and oxygen atoms in total. The minimum Gasteiger partial charge on any atom is -0.384 e. The smallest absolute Gasteiger partial charge is 0.126 e. The molecule has 0 fully saturated rings. The zero-order chi connectivity index (χ0) is 16.5. The van der Waals surface area contributed by atoms with Crippen molar-refractivity contribution in [1.29, 1.82) is 0 Å². The monoisotopic (exact) mass is 336 g/mol. The molecule has 0 saturated carbocycles. The Morgan fingerprint density at radius 1 is 1.25 bits per heavy atom. The van der Waals surface area contributed by atoms with Crippen molar-refractivity contribution in [2.24, 2.45) is 0 Å². The third-order valence-electron chi connectivity index (χ3n) is 3.83. The van der Waals surface area contributed by atoms with E-state index in [2.05, 4.69) is 38.5 Å². The number of aromatic amines is 1. The quantitative estimate of drug-likeness (QED) is 0.530. The van der Waals surface area contributed by atoms with E-state index in [0.717, 1.165) is 37.7 Å². The van der Waals surface area contributed by atoms with Crippen LogP contribution in [0.15, 0.2) is 42.7 Å². The first-order valence-electron chi connectivity index (χ1n) is 7.55. The van der Waals surface area contributed by atoms with Gasteiger partial charge in [0.1, 0.15) is 5.82 Å². The molecule has 0 unspecified atom stereocenters. The number of H-pyrrole nitrogens is 1. The van der Waals surface area contributed by atoms with Crippen LogP contribution in [-0.4, -0.2) is 20.2 Å². The number of aryl methyl sites for hydroxylation is 1. The van der Waals surface area contributed by atoms with Crippen LogP contribution in [0.25, 0.3) is 20.8 Å². The third-order valence-corrected chi connectivity index (χ3v) is 5.02. The summed E-state index contributed by atoms with van der Waals surface area (Å²) < 4.78 is 1.07. The van der Waals surface area contributed by atoms with Gasteiger partial charge < -0.3 is 11.1 Å². The predicted molar refractivity (Wildman–Crippen MR) is 97.9 cm³/mol. The van der Waals surface area contributed by atoms with Crippen LogP contribution < -0.4 is 11.1 Å². The van der Waals surface area contributed by atoms with Crippen molar-refractivity contribution < 1.29 is 0 Å². The molecule has 0 aliphatic rings. The van der Waals surface area contributed by atoms with Gasteiger partial charge >= 0.3 is 0 Å². The molecule has 4 N–H and O–H groups in total. The topological polar surface area (TPSA) is 92.5 Å². The van der Waals surface area contributed by atoms with Crippen LogP contribution >= 0.6 is 11.3 Å². The fraction of sp³-hybridized carbons (Fsp3) is 0.118. The number of anilines is 2. The Hall–Kier alpha value is -2.93. The molecule has 4 aromatic heterocycles. The Morgan fingerprint density at radius 3 is 2.96 bits per heavy atom. The largest absolute Gasteiger partial charge is 0.384 e. The number of nitrogens with one attached hydrogen (secondary N) is 2. The van der Waals surface area contributed by atoms with Crippen LogP contribution in [0.1, 0.15) is 11.3 Å². The number of aromatic nitrogens is 4. The minimum absolute atomic E-state index is 0.497. The number of hydrogen-bond acceptors (Lipinski definition) is 6. The number of rotatable bonds is 4. The molecule has 0 radical (unpaired) electrons. The first-order valence-corrected chi connectivity index (χ1v) is 8.36. The van der Waals surface area contributed by atoms with Gasteiger partial charge in [0.05, 0.1) is 38.7 Å². The summed E-state index contributed by atoms with van der Waals surface area (Å²) in [6, 6.07) is 9.84. The highest BCUT2D eigenvalue weighted by Crippen LogP contribution is 2.37.